The lowest BCUT2D eigenvalue weighted by molar-refractivity contribution is 0.317. The molecule has 0 heterocycles. The number of aryl methyl sites for hydroxylation is 1. The Labute approximate surface area is 76.6 Å². The van der Waals surface area contributed by atoms with E-state index in [4.69, 9.17) is 5.73 Å². The van der Waals surface area contributed by atoms with Gasteiger partial charge in [0.2, 0.25) is 0 Å². The van der Waals surface area contributed by atoms with Crippen LogP contribution in [0.15, 0.2) is 18.2 Å². The van der Waals surface area contributed by atoms with Crippen molar-refractivity contribution in [1.82, 2.24) is 0 Å². The first kappa shape index (κ1) is 10.1. The quantitative estimate of drug-likeness (QED) is 0.769. The van der Waals surface area contributed by atoms with Crippen molar-refractivity contribution in [2.24, 2.45) is 5.73 Å². The van der Waals surface area contributed by atoms with Gasteiger partial charge in [0, 0.05) is 5.56 Å². The number of nitrogens with two attached hydrogens (primary N) is 1. The fourth-order valence-electron chi connectivity index (χ4n) is 1.21. The summed E-state index contributed by atoms with van der Waals surface area (Å²) in [6.07, 6.45) is -1.12. The summed E-state index contributed by atoms with van der Waals surface area (Å²) in [7, 11) is 0. The van der Waals surface area contributed by atoms with Gasteiger partial charge >= 0.3 is 0 Å². The summed E-state index contributed by atoms with van der Waals surface area (Å²) < 4.78 is 26.6. The van der Waals surface area contributed by atoms with E-state index < -0.39 is 12.0 Å². The molecule has 0 fully saturated rings. The molecule has 1 unspecified atom stereocenters. The lowest BCUT2D eigenvalue weighted by atomic mass is 10.0. The minimum atomic E-state index is -1.29. The molecule has 1 aromatic carbocycles. The summed E-state index contributed by atoms with van der Waals surface area (Å²) >= 11 is 0. The predicted molar refractivity (Wildman–Crippen MR) is 48.7 cm³/mol. The van der Waals surface area contributed by atoms with Crippen LogP contribution in [0.2, 0.25) is 0 Å². The summed E-state index contributed by atoms with van der Waals surface area (Å²) in [4.78, 5) is 0. The molecule has 0 aromatic heterocycles. The van der Waals surface area contributed by atoms with Crippen LogP contribution in [-0.2, 0) is 0 Å². The highest BCUT2D eigenvalue weighted by Crippen LogP contribution is 2.24. The zero-order valence-corrected chi connectivity index (χ0v) is 7.56. The Kier molecular flexibility index (Phi) is 3.37. The molecule has 72 valence electrons. The molecule has 0 amide bonds. The first-order chi connectivity index (χ1) is 6.16. The van der Waals surface area contributed by atoms with E-state index in [9.17, 15) is 8.78 Å². The molecule has 1 aromatic rings. The molecule has 0 saturated heterocycles. The minimum absolute atomic E-state index is 0.116. The van der Waals surface area contributed by atoms with E-state index in [1.54, 1.807) is 19.1 Å². The molecule has 0 saturated carbocycles. The van der Waals surface area contributed by atoms with Crippen LogP contribution in [0.3, 0.4) is 0 Å². The van der Waals surface area contributed by atoms with Gasteiger partial charge < -0.3 is 5.73 Å². The standard InChI is InChI=1S/C10H13F2N/c1-7-3-2-4-8(10(7)12)9(11)5-6-13/h2-4,9H,5-6,13H2,1H3. The molecule has 1 rings (SSSR count). The number of benzene rings is 1. The van der Waals surface area contributed by atoms with Gasteiger partial charge in [-0.25, -0.2) is 8.78 Å². The van der Waals surface area contributed by atoms with Gasteiger partial charge in [-0.15, -0.1) is 0 Å². The smallest absolute Gasteiger partial charge is 0.132 e. The van der Waals surface area contributed by atoms with Crippen molar-refractivity contribution in [1.29, 1.82) is 0 Å². The van der Waals surface area contributed by atoms with Crippen molar-refractivity contribution in [3.05, 3.63) is 35.1 Å². The summed E-state index contributed by atoms with van der Waals surface area (Å²) in [5.41, 5.74) is 5.78. The molecule has 1 atom stereocenters. The zero-order valence-electron chi connectivity index (χ0n) is 7.56. The second kappa shape index (κ2) is 4.33. The molecule has 3 heteroatoms. The van der Waals surface area contributed by atoms with Crippen LogP contribution in [0, 0.1) is 12.7 Å². The highest BCUT2D eigenvalue weighted by atomic mass is 19.1. The number of hydrogen-bond acceptors (Lipinski definition) is 1. The lowest BCUT2D eigenvalue weighted by Crippen LogP contribution is -2.05. The average Bonchev–Trinajstić information content (AvgIpc) is 2.10. The topological polar surface area (TPSA) is 26.0 Å². The number of alkyl halides is 1. The molecular weight excluding hydrogens is 172 g/mol. The number of hydrogen-bond donors (Lipinski definition) is 1. The third-order valence-electron chi connectivity index (χ3n) is 1.98. The molecule has 13 heavy (non-hydrogen) atoms. The van der Waals surface area contributed by atoms with Crippen molar-refractivity contribution in [2.45, 2.75) is 19.5 Å². The Balaban J connectivity index is 2.93. The summed E-state index contributed by atoms with van der Waals surface area (Å²) in [5.74, 6) is -0.455. The van der Waals surface area contributed by atoms with Gasteiger partial charge in [-0.3, -0.25) is 0 Å². The Hall–Kier alpha value is -0.960. The maximum absolute atomic E-state index is 13.3. The third kappa shape index (κ3) is 2.25. The summed E-state index contributed by atoms with van der Waals surface area (Å²) in [6, 6.07) is 4.73. The van der Waals surface area contributed by atoms with Gasteiger partial charge in [-0.2, -0.15) is 0 Å². The normalized spacial score (nSPS) is 12.9. The molecular formula is C10H13F2N. The van der Waals surface area contributed by atoms with Gasteiger partial charge in [-0.1, -0.05) is 18.2 Å². The van der Waals surface area contributed by atoms with Crippen LogP contribution in [0.5, 0.6) is 0 Å². The lowest BCUT2D eigenvalue weighted by Gasteiger charge is -2.09. The molecule has 0 aliphatic heterocycles. The van der Waals surface area contributed by atoms with E-state index >= 15 is 0 Å². The SMILES string of the molecule is Cc1cccc(C(F)CCN)c1F. The molecule has 0 radical (unpaired) electrons. The molecule has 0 bridgehead atoms. The molecule has 0 aliphatic carbocycles. The number of rotatable bonds is 3. The van der Waals surface area contributed by atoms with E-state index in [0.29, 0.717) is 5.56 Å². The van der Waals surface area contributed by atoms with E-state index in [2.05, 4.69) is 0 Å². The Morgan fingerprint density at radius 3 is 2.77 bits per heavy atom. The van der Waals surface area contributed by atoms with Crippen LogP contribution in [-0.4, -0.2) is 6.54 Å². The van der Waals surface area contributed by atoms with Crippen molar-refractivity contribution in [2.75, 3.05) is 6.54 Å². The number of halogens is 2. The first-order valence-corrected chi connectivity index (χ1v) is 4.26. The van der Waals surface area contributed by atoms with Gasteiger partial charge in [0.15, 0.2) is 0 Å². The van der Waals surface area contributed by atoms with Gasteiger partial charge in [0.25, 0.3) is 0 Å². The highest BCUT2D eigenvalue weighted by Gasteiger charge is 2.14. The van der Waals surface area contributed by atoms with E-state index in [1.165, 1.54) is 6.07 Å². The fourth-order valence-corrected chi connectivity index (χ4v) is 1.21. The van der Waals surface area contributed by atoms with Crippen LogP contribution in [0.1, 0.15) is 23.7 Å². The first-order valence-electron chi connectivity index (χ1n) is 4.26. The van der Waals surface area contributed by atoms with Crippen molar-refractivity contribution >= 4 is 0 Å². The van der Waals surface area contributed by atoms with E-state index in [1.807, 2.05) is 0 Å². The largest absolute Gasteiger partial charge is 0.330 e. The maximum Gasteiger partial charge on any atom is 0.132 e. The summed E-state index contributed by atoms with van der Waals surface area (Å²) in [5, 5.41) is 0. The van der Waals surface area contributed by atoms with Gasteiger partial charge in [0.05, 0.1) is 0 Å². The Morgan fingerprint density at radius 1 is 1.46 bits per heavy atom. The third-order valence-corrected chi connectivity index (χ3v) is 1.98. The van der Waals surface area contributed by atoms with Crippen LogP contribution in [0.25, 0.3) is 0 Å². The average molecular weight is 185 g/mol. The highest BCUT2D eigenvalue weighted by molar-refractivity contribution is 5.26. The Morgan fingerprint density at radius 2 is 2.15 bits per heavy atom. The predicted octanol–water partition coefficient (Wildman–Crippen LogP) is 2.49. The fraction of sp³-hybridized carbons (Fsp3) is 0.400. The second-order valence-corrected chi connectivity index (χ2v) is 3.02. The van der Waals surface area contributed by atoms with Gasteiger partial charge in [-0.05, 0) is 25.5 Å². The van der Waals surface area contributed by atoms with Crippen LogP contribution in [0.4, 0.5) is 8.78 Å². The molecule has 1 nitrogen and oxygen atoms in total. The van der Waals surface area contributed by atoms with Crippen LogP contribution >= 0.6 is 0 Å². The molecule has 0 spiro atoms. The summed E-state index contributed by atoms with van der Waals surface area (Å²) in [6.45, 7) is 1.85. The minimum Gasteiger partial charge on any atom is -0.330 e. The zero-order chi connectivity index (χ0) is 9.84. The van der Waals surface area contributed by atoms with Crippen LogP contribution < -0.4 is 5.73 Å². The van der Waals surface area contributed by atoms with E-state index in [0.717, 1.165) is 0 Å². The monoisotopic (exact) mass is 185 g/mol. The Bertz CT molecular complexity index is 286. The maximum atomic E-state index is 13.3. The van der Waals surface area contributed by atoms with E-state index in [-0.39, 0.29) is 18.5 Å². The molecule has 0 aliphatic rings. The van der Waals surface area contributed by atoms with Crippen molar-refractivity contribution in [3.8, 4) is 0 Å². The van der Waals surface area contributed by atoms with Crippen molar-refractivity contribution < 1.29 is 8.78 Å². The van der Waals surface area contributed by atoms with Crippen molar-refractivity contribution in [3.63, 3.8) is 0 Å². The molecule has 2 N–H and O–H groups in total. The van der Waals surface area contributed by atoms with Gasteiger partial charge in [0.1, 0.15) is 12.0 Å². The second-order valence-electron chi connectivity index (χ2n) is 3.02.